The van der Waals surface area contributed by atoms with Gasteiger partial charge >= 0.3 is 0 Å². The highest BCUT2D eigenvalue weighted by atomic mass is 32.2. The molecule has 1 fully saturated rings. The van der Waals surface area contributed by atoms with Gasteiger partial charge in [-0.3, -0.25) is 4.79 Å². The van der Waals surface area contributed by atoms with E-state index >= 15 is 0 Å². The predicted octanol–water partition coefficient (Wildman–Crippen LogP) is 2.10. The lowest BCUT2D eigenvalue weighted by Crippen LogP contribution is -2.47. The molecule has 0 saturated carbocycles. The summed E-state index contributed by atoms with van der Waals surface area (Å²) in [5, 5.41) is 6.37. The Labute approximate surface area is 134 Å². The maximum atomic E-state index is 13.6. The molecule has 4 nitrogen and oxygen atoms in total. The summed E-state index contributed by atoms with van der Waals surface area (Å²) in [6.45, 7) is 1.86. The average molecular weight is 324 g/mol. The van der Waals surface area contributed by atoms with E-state index in [1.165, 1.54) is 6.07 Å². The van der Waals surface area contributed by atoms with Gasteiger partial charge in [-0.25, -0.2) is 4.39 Å². The van der Waals surface area contributed by atoms with E-state index in [0.29, 0.717) is 13.2 Å². The van der Waals surface area contributed by atoms with Crippen LogP contribution in [-0.4, -0.2) is 38.5 Å². The van der Waals surface area contributed by atoms with Crippen LogP contribution in [0.15, 0.2) is 23.1 Å². The van der Waals surface area contributed by atoms with Crippen molar-refractivity contribution in [2.45, 2.75) is 23.8 Å². The van der Waals surface area contributed by atoms with Gasteiger partial charge in [0.1, 0.15) is 5.82 Å². The first kappa shape index (κ1) is 15.8. The summed E-state index contributed by atoms with van der Waals surface area (Å²) in [4.78, 5) is 13.8. The first-order valence-electron chi connectivity index (χ1n) is 7.57. The van der Waals surface area contributed by atoms with Gasteiger partial charge in [0.05, 0.1) is 18.1 Å². The van der Waals surface area contributed by atoms with Crippen molar-refractivity contribution in [1.29, 1.82) is 0 Å². The number of nitrogens with one attached hydrogen (secondary N) is 2. The van der Waals surface area contributed by atoms with E-state index in [2.05, 4.69) is 10.6 Å². The number of carbonyl (C=O) groups is 1. The fourth-order valence-electron chi connectivity index (χ4n) is 3.23. The first-order valence-corrected chi connectivity index (χ1v) is 8.56. The molecule has 0 bridgehead atoms. The Morgan fingerprint density at radius 2 is 2.45 bits per heavy atom. The van der Waals surface area contributed by atoms with Crippen LogP contribution < -0.4 is 10.6 Å². The molecular formula is C16H21FN2O2S. The molecule has 2 N–H and O–H groups in total. The van der Waals surface area contributed by atoms with Crippen LogP contribution in [0.4, 0.5) is 4.39 Å². The van der Waals surface area contributed by atoms with Crippen molar-refractivity contribution in [3.63, 3.8) is 0 Å². The molecule has 3 rings (SSSR count). The number of hydrogen-bond acceptors (Lipinski definition) is 4. The van der Waals surface area contributed by atoms with Crippen molar-refractivity contribution >= 4 is 17.7 Å². The van der Waals surface area contributed by atoms with Gasteiger partial charge in [-0.05, 0) is 43.1 Å². The topological polar surface area (TPSA) is 50.4 Å². The highest BCUT2D eigenvalue weighted by Gasteiger charge is 2.42. The third-order valence-electron chi connectivity index (χ3n) is 4.46. The van der Waals surface area contributed by atoms with E-state index in [-0.39, 0.29) is 17.8 Å². The second-order valence-corrected chi connectivity index (χ2v) is 7.12. The summed E-state index contributed by atoms with van der Waals surface area (Å²) >= 11 is 1.71. The van der Waals surface area contributed by atoms with Gasteiger partial charge in [-0.15, -0.1) is 11.8 Å². The zero-order chi connectivity index (χ0) is 15.6. The molecule has 1 aromatic rings. The van der Waals surface area contributed by atoms with Gasteiger partial charge in [0.25, 0.3) is 0 Å². The van der Waals surface area contributed by atoms with E-state index in [9.17, 15) is 9.18 Å². The molecule has 2 atom stereocenters. The fraction of sp³-hybridized carbons (Fsp3) is 0.562. The number of rotatable bonds is 4. The molecule has 22 heavy (non-hydrogen) atoms. The van der Waals surface area contributed by atoms with E-state index in [0.717, 1.165) is 35.6 Å². The normalized spacial score (nSPS) is 27.5. The lowest BCUT2D eigenvalue weighted by Gasteiger charge is -2.31. The molecule has 2 unspecified atom stereocenters. The molecule has 1 saturated heterocycles. The van der Waals surface area contributed by atoms with E-state index in [4.69, 9.17) is 4.74 Å². The summed E-state index contributed by atoms with van der Waals surface area (Å²) < 4.78 is 18.8. The Balaban J connectivity index is 1.79. The number of carbonyl (C=O) groups excluding carboxylic acids is 1. The molecule has 0 spiro atoms. The second-order valence-electron chi connectivity index (χ2n) is 5.99. The number of amides is 1. The molecule has 0 radical (unpaired) electrons. The lowest BCUT2D eigenvalue weighted by molar-refractivity contribution is -0.133. The number of ether oxygens (including phenoxy) is 1. The third kappa shape index (κ3) is 3.00. The van der Waals surface area contributed by atoms with Crippen molar-refractivity contribution in [1.82, 2.24) is 10.6 Å². The second kappa shape index (κ2) is 6.56. The highest BCUT2D eigenvalue weighted by Crippen LogP contribution is 2.37. The summed E-state index contributed by atoms with van der Waals surface area (Å²) in [5.74, 6) is 0.681. The molecule has 1 aromatic carbocycles. The molecular weight excluding hydrogens is 303 g/mol. The number of benzene rings is 1. The van der Waals surface area contributed by atoms with Gasteiger partial charge in [-0.2, -0.15) is 0 Å². The van der Waals surface area contributed by atoms with Crippen LogP contribution in [0.2, 0.25) is 0 Å². The maximum absolute atomic E-state index is 13.6. The largest absolute Gasteiger partial charge is 0.384 e. The fourth-order valence-corrected chi connectivity index (χ4v) is 4.33. The monoisotopic (exact) mass is 324 g/mol. The minimum atomic E-state index is -0.507. The summed E-state index contributed by atoms with van der Waals surface area (Å²) in [7, 11) is 1.62. The lowest BCUT2D eigenvalue weighted by atomic mass is 9.86. The van der Waals surface area contributed by atoms with Crippen LogP contribution in [0.5, 0.6) is 0 Å². The molecule has 2 aliphatic heterocycles. The SMILES string of the molecule is COCC1(C(=O)NC2CCSc3ccc(F)cc32)CCNC1. The van der Waals surface area contributed by atoms with Crippen molar-refractivity contribution in [2.75, 3.05) is 32.6 Å². The standard InChI is InChI=1S/C16H21FN2O2S/c1-21-10-16(5-6-18-9-16)15(20)19-13-4-7-22-14-3-2-11(17)8-12(13)14/h2-3,8,13,18H,4-7,9-10H2,1H3,(H,19,20). The van der Waals surface area contributed by atoms with Crippen LogP contribution in [0.25, 0.3) is 0 Å². The molecule has 120 valence electrons. The zero-order valence-corrected chi connectivity index (χ0v) is 13.5. The van der Waals surface area contributed by atoms with E-state index in [1.807, 2.05) is 0 Å². The van der Waals surface area contributed by atoms with Gasteiger partial charge < -0.3 is 15.4 Å². The van der Waals surface area contributed by atoms with Crippen molar-refractivity contribution in [3.05, 3.63) is 29.6 Å². The molecule has 2 aliphatic rings. The third-order valence-corrected chi connectivity index (χ3v) is 5.59. The first-order chi connectivity index (χ1) is 10.6. The smallest absolute Gasteiger partial charge is 0.230 e. The predicted molar refractivity (Wildman–Crippen MR) is 84.4 cm³/mol. The van der Waals surface area contributed by atoms with Gasteiger partial charge in [0.2, 0.25) is 5.91 Å². The Morgan fingerprint density at radius 1 is 1.59 bits per heavy atom. The van der Waals surface area contributed by atoms with Gasteiger partial charge in [0.15, 0.2) is 0 Å². The molecule has 0 aliphatic carbocycles. The minimum Gasteiger partial charge on any atom is -0.384 e. The number of fused-ring (bicyclic) bond motifs is 1. The average Bonchev–Trinajstić information content (AvgIpc) is 2.98. The maximum Gasteiger partial charge on any atom is 0.230 e. The summed E-state index contributed by atoms with van der Waals surface area (Å²) in [5.41, 5.74) is 0.385. The van der Waals surface area contributed by atoms with Crippen LogP contribution in [0, 0.1) is 11.2 Å². The summed E-state index contributed by atoms with van der Waals surface area (Å²) in [6, 6.07) is 4.70. The Bertz CT molecular complexity index is 561. The van der Waals surface area contributed by atoms with Crippen LogP contribution in [-0.2, 0) is 9.53 Å². The number of thioether (sulfide) groups is 1. The van der Waals surface area contributed by atoms with Crippen LogP contribution >= 0.6 is 11.8 Å². The number of methoxy groups -OCH3 is 1. The summed E-state index contributed by atoms with van der Waals surface area (Å²) in [6.07, 6.45) is 1.59. The van der Waals surface area contributed by atoms with Gasteiger partial charge in [-0.1, -0.05) is 0 Å². The number of halogens is 1. The van der Waals surface area contributed by atoms with Crippen LogP contribution in [0.3, 0.4) is 0 Å². The van der Waals surface area contributed by atoms with Crippen molar-refractivity contribution in [3.8, 4) is 0 Å². The molecule has 1 amide bonds. The minimum absolute atomic E-state index is 0.00598. The Kier molecular flexibility index (Phi) is 4.70. The zero-order valence-electron chi connectivity index (χ0n) is 12.7. The van der Waals surface area contributed by atoms with Gasteiger partial charge in [0, 0.05) is 24.3 Å². The quantitative estimate of drug-likeness (QED) is 0.891. The Hall–Kier alpha value is -1.11. The molecule has 6 heteroatoms. The number of hydrogen-bond donors (Lipinski definition) is 2. The molecule has 0 aromatic heterocycles. The Morgan fingerprint density at radius 3 is 3.18 bits per heavy atom. The van der Waals surface area contributed by atoms with E-state index in [1.54, 1.807) is 31.0 Å². The van der Waals surface area contributed by atoms with Crippen molar-refractivity contribution < 1.29 is 13.9 Å². The molecule has 2 heterocycles. The van der Waals surface area contributed by atoms with E-state index < -0.39 is 5.41 Å². The van der Waals surface area contributed by atoms with Crippen molar-refractivity contribution in [2.24, 2.45) is 5.41 Å². The van der Waals surface area contributed by atoms with Crippen LogP contribution in [0.1, 0.15) is 24.4 Å². The highest BCUT2D eigenvalue weighted by molar-refractivity contribution is 7.99.